The third-order valence-electron chi connectivity index (χ3n) is 2.63. The van der Waals surface area contributed by atoms with E-state index >= 15 is 0 Å². The first-order valence-corrected chi connectivity index (χ1v) is 6.45. The zero-order valence-corrected chi connectivity index (χ0v) is 12.4. The normalized spacial score (nSPS) is 12.6. The minimum atomic E-state index is -0.0352. The number of halogens is 1. The molecule has 0 fully saturated rings. The first-order valence-electron chi connectivity index (χ1n) is 5.66. The summed E-state index contributed by atoms with van der Waals surface area (Å²) >= 11 is 3.44. The van der Waals surface area contributed by atoms with E-state index in [4.69, 9.17) is 15.2 Å². The Kier molecular flexibility index (Phi) is 5.28. The van der Waals surface area contributed by atoms with Gasteiger partial charge in [0.15, 0.2) is 0 Å². The second-order valence-corrected chi connectivity index (χ2v) is 5.32. The van der Waals surface area contributed by atoms with Crippen molar-refractivity contribution in [1.29, 1.82) is 0 Å². The Balaban J connectivity index is 3.11. The van der Waals surface area contributed by atoms with Gasteiger partial charge in [0.25, 0.3) is 0 Å². The SMILES string of the molecule is COc1cc([C@@H](N)CC(C)C)c(OC)cc1Br. The van der Waals surface area contributed by atoms with Gasteiger partial charge in [-0.2, -0.15) is 0 Å². The predicted molar refractivity (Wildman–Crippen MR) is 73.6 cm³/mol. The first-order chi connectivity index (χ1) is 7.99. The molecule has 0 aliphatic heterocycles. The number of ether oxygens (including phenoxy) is 2. The molecule has 96 valence electrons. The molecule has 0 saturated heterocycles. The molecule has 0 bridgehead atoms. The highest BCUT2D eigenvalue weighted by Gasteiger charge is 2.16. The Morgan fingerprint density at radius 1 is 1.18 bits per heavy atom. The summed E-state index contributed by atoms with van der Waals surface area (Å²) in [6.07, 6.45) is 0.918. The minimum absolute atomic E-state index is 0.0352. The van der Waals surface area contributed by atoms with Crippen LogP contribution in [0.4, 0.5) is 0 Å². The lowest BCUT2D eigenvalue weighted by molar-refractivity contribution is 0.388. The minimum Gasteiger partial charge on any atom is -0.496 e. The molecule has 0 radical (unpaired) electrons. The highest BCUT2D eigenvalue weighted by molar-refractivity contribution is 9.10. The van der Waals surface area contributed by atoms with Crippen LogP contribution in [-0.2, 0) is 0 Å². The second-order valence-electron chi connectivity index (χ2n) is 4.46. The smallest absolute Gasteiger partial charge is 0.133 e. The van der Waals surface area contributed by atoms with Crippen LogP contribution in [0.1, 0.15) is 31.9 Å². The van der Waals surface area contributed by atoms with Crippen molar-refractivity contribution in [1.82, 2.24) is 0 Å². The number of hydrogen-bond acceptors (Lipinski definition) is 3. The van der Waals surface area contributed by atoms with Gasteiger partial charge < -0.3 is 15.2 Å². The summed E-state index contributed by atoms with van der Waals surface area (Å²) in [6.45, 7) is 4.31. The monoisotopic (exact) mass is 301 g/mol. The van der Waals surface area contributed by atoms with E-state index in [0.29, 0.717) is 5.92 Å². The van der Waals surface area contributed by atoms with Gasteiger partial charge in [-0.25, -0.2) is 0 Å². The summed E-state index contributed by atoms with van der Waals surface area (Å²) in [5.74, 6) is 2.12. The van der Waals surface area contributed by atoms with Crippen molar-refractivity contribution in [2.75, 3.05) is 14.2 Å². The molecule has 4 heteroatoms. The molecule has 0 aromatic heterocycles. The van der Waals surface area contributed by atoms with Gasteiger partial charge in [-0.15, -0.1) is 0 Å². The molecule has 1 rings (SSSR count). The van der Waals surface area contributed by atoms with Crippen molar-refractivity contribution in [3.05, 3.63) is 22.2 Å². The van der Waals surface area contributed by atoms with Crippen molar-refractivity contribution in [3.63, 3.8) is 0 Å². The molecule has 0 heterocycles. The molecule has 1 aromatic rings. The molecule has 0 amide bonds. The van der Waals surface area contributed by atoms with Gasteiger partial charge >= 0.3 is 0 Å². The van der Waals surface area contributed by atoms with E-state index in [0.717, 1.165) is 28.0 Å². The largest absolute Gasteiger partial charge is 0.496 e. The van der Waals surface area contributed by atoms with Crippen molar-refractivity contribution in [3.8, 4) is 11.5 Å². The van der Waals surface area contributed by atoms with Gasteiger partial charge in [-0.05, 0) is 40.4 Å². The van der Waals surface area contributed by atoms with Crippen molar-refractivity contribution < 1.29 is 9.47 Å². The van der Waals surface area contributed by atoms with Gasteiger partial charge in [0.05, 0.1) is 18.7 Å². The molecule has 0 aliphatic rings. The van der Waals surface area contributed by atoms with Crippen LogP contribution in [0, 0.1) is 5.92 Å². The van der Waals surface area contributed by atoms with Crippen molar-refractivity contribution in [2.45, 2.75) is 26.3 Å². The topological polar surface area (TPSA) is 44.5 Å². The fourth-order valence-corrected chi connectivity index (χ4v) is 2.29. The summed E-state index contributed by atoms with van der Waals surface area (Å²) in [4.78, 5) is 0. The molecule has 1 aromatic carbocycles. The molecule has 3 nitrogen and oxygen atoms in total. The molecule has 0 aliphatic carbocycles. The standard InChI is InChI=1S/C13H20BrNO2/c1-8(2)5-11(15)9-6-13(17-4)10(14)7-12(9)16-3/h6-8,11H,5,15H2,1-4H3/t11-/m0/s1. The summed E-state index contributed by atoms with van der Waals surface area (Å²) in [6, 6.07) is 3.80. The summed E-state index contributed by atoms with van der Waals surface area (Å²) in [5, 5.41) is 0. The lowest BCUT2D eigenvalue weighted by Gasteiger charge is -2.19. The Hall–Kier alpha value is -0.740. The average Bonchev–Trinajstić information content (AvgIpc) is 2.27. The van der Waals surface area contributed by atoms with Gasteiger partial charge in [-0.1, -0.05) is 13.8 Å². The van der Waals surface area contributed by atoms with E-state index < -0.39 is 0 Å². The molecule has 0 saturated carbocycles. The number of methoxy groups -OCH3 is 2. The van der Waals surface area contributed by atoms with Crippen LogP contribution in [0.2, 0.25) is 0 Å². The number of hydrogen-bond donors (Lipinski definition) is 1. The first kappa shape index (κ1) is 14.3. The van der Waals surface area contributed by atoms with Crippen LogP contribution in [0.5, 0.6) is 11.5 Å². The Morgan fingerprint density at radius 2 is 1.76 bits per heavy atom. The fourth-order valence-electron chi connectivity index (χ4n) is 1.81. The molecule has 0 spiro atoms. The Bertz CT molecular complexity index is 380. The highest BCUT2D eigenvalue weighted by atomic mass is 79.9. The van der Waals surface area contributed by atoms with Crippen LogP contribution in [0.15, 0.2) is 16.6 Å². The number of benzene rings is 1. The molecule has 2 N–H and O–H groups in total. The summed E-state index contributed by atoms with van der Waals surface area (Å²) < 4.78 is 11.5. The van der Waals surface area contributed by atoms with Gasteiger partial charge in [0.2, 0.25) is 0 Å². The van der Waals surface area contributed by atoms with E-state index in [1.54, 1.807) is 14.2 Å². The highest BCUT2D eigenvalue weighted by Crippen LogP contribution is 2.36. The molecule has 1 atom stereocenters. The Labute approximate surface area is 111 Å². The van der Waals surface area contributed by atoms with E-state index in [1.165, 1.54) is 0 Å². The lowest BCUT2D eigenvalue weighted by Crippen LogP contribution is -2.14. The molecular weight excluding hydrogens is 282 g/mol. The van der Waals surface area contributed by atoms with E-state index in [1.807, 2.05) is 12.1 Å². The number of nitrogens with two attached hydrogens (primary N) is 1. The maximum atomic E-state index is 6.20. The van der Waals surface area contributed by atoms with Crippen LogP contribution >= 0.6 is 15.9 Å². The van der Waals surface area contributed by atoms with Crippen LogP contribution in [0.25, 0.3) is 0 Å². The van der Waals surface area contributed by atoms with Crippen LogP contribution in [-0.4, -0.2) is 14.2 Å². The molecule has 0 unspecified atom stereocenters. The van der Waals surface area contributed by atoms with Gasteiger partial charge in [0.1, 0.15) is 11.5 Å². The molecule has 17 heavy (non-hydrogen) atoms. The summed E-state index contributed by atoms with van der Waals surface area (Å²) in [5.41, 5.74) is 7.18. The van der Waals surface area contributed by atoms with Gasteiger partial charge in [-0.3, -0.25) is 0 Å². The van der Waals surface area contributed by atoms with Crippen LogP contribution in [0.3, 0.4) is 0 Å². The number of rotatable bonds is 5. The van der Waals surface area contributed by atoms with E-state index in [-0.39, 0.29) is 6.04 Å². The van der Waals surface area contributed by atoms with Crippen molar-refractivity contribution >= 4 is 15.9 Å². The zero-order valence-electron chi connectivity index (χ0n) is 10.8. The van der Waals surface area contributed by atoms with Crippen LogP contribution < -0.4 is 15.2 Å². The van der Waals surface area contributed by atoms with E-state index in [2.05, 4.69) is 29.8 Å². The third kappa shape index (κ3) is 3.61. The zero-order chi connectivity index (χ0) is 13.0. The van der Waals surface area contributed by atoms with Gasteiger partial charge in [0, 0.05) is 11.6 Å². The van der Waals surface area contributed by atoms with E-state index in [9.17, 15) is 0 Å². The predicted octanol–water partition coefficient (Wildman–Crippen LogP) is 3.51. The lowest BCUT2D eigenvalue weighted by atomic mass is 9.97. The fraction of sp³-hybridized carbons (Fsp3) is 0.538. The molecular formula is C13H20BrNO2. The quantitative estimate of drug-likeness (QED) is 0.905. The van der Waals surface area contributed by atoms with Crippen molar-refractivity contribution in [2.24, 2.45) is 11.7 Å². The average molecular weight is 302 g/mol. The summed E-state index contributed by atoms with van der Waals surface area (Å²) in [7, 11) is 3.30. The Morgan fingerprint density at radius 3 is 2.24 bits per heavy atom. The maximum absolute atomic E-state index is 6.20. The third-order valence-corrected chi connectivity index (χ3v) is 3.25. The maximum Gasteiger partial charge on any atom is 0.133 e. The second kappa shape index (κ2) is 6.26.